The maximum Gasteiger partial charge on any atom is -0.0134 e. The number of benzene rings is 12. The Hall–Kier alpha value is -8.58. The molecule has 5 heterocycles. The summed E-state index contributed by atoms with van der Waals surface area (Å²) >= 11 is 20.6. The zero-order valence-electron chi connectivity index (χ0n) is 60.8. The van der Waals surface area contributed by atoms with E-state index in [1.165, 1.54) is 99.0 Å². The number of aromatic nitrogens is 6. The summed E-state index contributed by atoms with van der Waals surface area (Å²) in [6.45, 7) is 2.00. The minimum atomic E-state index is -0.446. The summed E-state index contributed by atoms with van der Waals surface area (Å²) in [4.78, 5) is 22.8. The maximum atomic E-state index is 5.64. The van der Waals surface area contributed by atoms with Gasteiger partial charge in [-0.05, 0) is 156 Å². The van der Waals surface area contributed by atoms with E-state index in [0.717, 1.165) is 24.6 Å². The SMILES string of the molecule is C.C1CCOC1.Clc1ccnc(Cl)n1.Clc1nccc(-c2ccccn2)n1.[Pd].[Zn+][Br].[c-]1ccccn1.c1ccc(P(c2ccccc2)c2ccccc2)cc1.c1ccc(P(c2ccccc2)c2ccccc2)cc1.c1ccc(P(c2ccccc2)c2ccccc2)cc1.c1ccc(P(c2ccccc2)c2ccccc2)cc1. The van der Waals surface area contributed by atoms with Crippen LogP contribution in [-0.2, 0) is 41.5 Å². The Bertz CT molecular complexity index is 4100. The Morgan fingerprint density at radius 2 is 0.509 bits per heavy atom. The standard InChI is InChI=1S/4C18H15P.C9H6ClN3.C5H4N.C4H2Cl2N2.C4H8O.CH4.BrH.Pd.Zn/c4*1-4-10-16(11-5-1)19(17-12-6-2-7-13-17)18-14-8-3-9-15-18;10-9-12-6-4-8(13-9)7-3-1-2-5-11-7;1-2-4-6-5-3-1;5-3-1-2-7-4(6)8-3;1-2-4-5-3-1;;;;/h4*1-15H;1-6H;1-4H;1-2H;1-4H2;1H4;1H;;/q;;;;;-1;;;;;;+2/p-1. The Morgan fingerprint density at radius 3 is 0.670 bits per heavy atom. The minimum absolute atomic E-state index is 0. The van der Waals surface area contributed by atoms with Crippen molar-refractivity contribution < 1.29 is 41.5 Å². The summed E-state index contributed by atoms with van der Waals surface area (Å²) in [7, 11) is -1.78. The maximum absolute atomic E-state index is 5.64. The molecule has 560 valence electrons. The summed E-state index contributed by atoms with van der Waals surface area (Å²) in [5.41, 5.74) is 1.53. The van der Waals surface area contributed by atoms with Gasteiger partial charge in [-0.1, -0.05) is 401 Å². The second-order valence-electron chi connectivity index (χ2n) is 23.2. The third-order valence-electron chi connectivity index (χ3n) is 15.7. The number of hydrogen-bond donors (Lipinski definition) is 0. The molecule has 0 radical (unpaired) electrons. The van der Waals surface area contributed by atoms with E-state index in [1.807, 2.05) is 30.3 Å². The van der Waals surface area contributed by atoms with Gasteiger partial charge >= 0.3 is 30.0 Å². The van der Waals surface area contributed by atoms with Crippen molar-refractivity contribution in [2.75, 3.05) is 13.2 Å². The first kappa shape index (κ1) is 90.6. The second-order valence-corrected chi connectivity index (χ2v) is 33.2. The molecule has 1 aliphatic rings. The van der Waals surface area contributed by atoms with Crippen molar-refractivity contribution in [3.63, 3.8) is 0 Å². The molecule has 1 fully saturated rings. The van der Waals surface area contributed by atoms with Crippen molar-refractivity contribution in [2.45, 2.75) is 20.3 Å². The van der Waals surface area contributed by atoms with E-state index in [0.29, 0.717) is 5.15 Å². The first-order valence-corrected chi connectivity index (χ1v) is 48.9. The summed E-state index contributed by atoms with van der Waals surface area (Å²) in [6, 6.07) is 144. The second kappa shape index (κ2) is 55.0. The molecule has 0 atom stereocenters. The molecule has 0 amide bonds. The predicted octanol–water partition coefficient (Wildman–Crippen LogP) is 20.9. The van der Waals surface area contributed by atoms with Gasteiger partial charge < -0.3 is 9.72 Å². The van der Waals surface area contributed by atoms with Crippen LogP contribution in [0.25, 0.3) is 11.4 Å². The van der Waals surface area contributed by atoms with Gasteiger partial charge in [0, 0.05) is 52.2 Å². The van der Waals surface area contributed by atoms with Gasteiger partial charge in [0.1, 0.15) is 5.15 Å². The van der Waals surface area contributed by atoms with Crippen molar-refractivity contribution in [2.24, 2.45) is 0 Å². The summed E-state index contributed by atoms with van der Waals surface area (Å²) in [5, 5.41) is 17.6. The van der Waals surface area contributed by atoms with Gasteiger partial charge in [-0.3, -0.25) is 4.98 Å². The van der Waals surface area contributed by atoms with E-state index in [4.69, 9.17) is 39.5 Å². The molecule has 1 saturated heterocycles. The first-order valence-electron chi connectivity index (χ1n) is 35.4. The number of ether oxygens (including phenoxy) is 1. The van der Waals surface area contributed by atoms with Gasteiger partial charge in [-0.25, -0.2) is 19.9 Å². The zero-order valence-corrected chi connectivity index (χ0v) is 72.8. The third kappa shape index (κ3) is 32.1. The van der Waals surface area contributed by atoms with Gasteiger partial charge in [-0.15, -0.1) is 0 Å². The molecule has 4 aromatic heterocycles. The van der Waals surface area contributed by atoms with Gasteiger partial charge in [0.05, 0.1) is 11.4 Å². The number of nitrogens with zero attached hydrogens (tertiary/aromatic N) is 6. The Labute approximate surface area is 712 Å². The van der Waals surface area contributed by atoms with Gasteiger partial charge in [0.15, 0.2) is 0 Å². The minimum Gasteiger partial charge on any atom is -0.394 e. The van der Waals surface area contributed by atoms with Crippen LogP contribution in [0.5, 0.6) is 0 Å². The fraction of sp³-hybridized carbons (Fsp3) is 0.0526. The van der Waals surface area contributed by atoms with Crippen molar-refractivity contribution >= 4 is 144 Å². The number of halogens is 4. The van der Waals surface area contributed by atoms with E-state index in [9.17, 15) is 0 Å². The van der Waals surface area contributed by atoms with E-state index >= 15 is 0 Å². The zero-order chi connectivity index (χ0) is 76.5. The van der Waals surface area contributed by atoms with Gasteiger partial charge in [0.2, 0.25) is 10.6 Å². The molecule has 1 aliphatic heterocycles. The molecule has 7 nitrogen and oxygen atoms in total. The monoisotopic (exact) mass is 1800 g/mol. The average Bonchev–Trinajstić information content (AvgIpc) is 0.877. The molecule has 0 bridgehead atoms. The number of hydrogen-bond acceptors (Lipinski definition) is 7. The topological polar surface area (TPSA) is 86.6 Å². The molecular weight excluding hydrogens is 1720 g/mol. The van der Waals surface area contributed by atoms with Crippen molar-refractivity contribution in [1.82, 2.24) is 29.9 Å². The average molecular weight is 1810 g/mol. The fourth-order valence-electron chi connectivity index (χ4n) is 10.8. The number of pyridine rings is 2. The quantitative estimate of drug-likeness (QED) is 0.0374. The summed E-state index contributed by atoms with van der Waals surface area (Å²) < 4.78 is 4.94. The van der Waals surface area contributed by atoms with Crippen LogP contribution in [0.4, 0.5) is 0 Å². The molecule has 16 aromatic rings. The molecule has 0 unspecified atom stereocenters. The van der Waals surface area contributed by atoms with Crippen LogP contribution in [0, 0.1) is 6.20 Å². The molecular formula is C95H84BrCl3N6OP4PdZn. The molecule has 17 heteroatoms. The van der Waals surface area contributed by atoms with Crippen LogP contribution >= 0.6 is 80.1 Å². The Balaban J connectivity index is 0.000000182. The molecule has 0 saturated carbocycles. The molecule has 112 heavy (non-hydrogen) atoms. The van der Waals surface area contributed by atoms with Gasteiger partial charge in [0.25, 0.3) is 0 Å². The van der Waals surface area contributed by atoms with Crippen molar-refractivity contribution in [3.8, 4) is 11.4 Å². The predicted molar refractivity (Wildman–Crippen MR) is 482 cm³/mol. The largest absolute Gasteiger partial charge is 0.394 e. The summed E-state index contributed by atoms with van der Waals surface area (Å²) in [6.07, 6.45) is 11.7. The smallest absolute Gasteiger partial charge is 0.0134 e. The Kier molecular flexibility index (Phi) is 44.5. The molecule has 12 aromatic carbocycles. The molecule has 17 rings (SSSR count). The van der Waals surface area contributed by atoms with Crippen LogP contribution in [0.1, 0.15) is 20.3 Å². The van der Waals surface area contributed by atoms with Crippen molar-refractivity contribution in [1.29, 1.82) is 0 Å². The van der Waals surface area contributed by atoms with E-state index in [2.05, 4.69) is 414 Å². The van der Waals surface area contributed by atoms with Crippen LogP contribution in [-0.4, -0.2) is 43.1 Å². The van der Waals surface area contributed by atoms with E-state index in [1.54, 1.807) is 36.8 Å². The van der Waals surface area contributed by atoms with Crippen LogP contribution in [0.15, 0.2) is 437 Å². The van der Waals surface area contributed by atoms with E-state index < -0.39 is 31.7 Å². The van der Waals surface area contributed by atoms with Crippen LogP contribution in [0.2, 0.25) is 15.7 Å². The van der Waals surface area contributed by atoms with Gasteiger partial charge in [-0.2, -0.15) is 18.2 Å². The number of rotatable bonds is 13. The first-order chi connectivity index (χ1) is 54.4. The Morgan fingerprint density at radius 1 is 0.268 bits per heavy atom. The molecule has 0 aliphatic carbocycles. The summed E-state index contributed by atoms with van der Waals surface area (Å²) in [5.74, 6) is 0. The van der Waals surface area contributed by atoms with E-state index in [-0.39, 0.29) is 38.4 Å². The molecule has 0 N–H and O–H groups in total. The van der Waals surface area contributed by atoms with Crippen LogP contribution < -0.4 is 63.7 Å². The third-order valence-corrected chi connectivity index (χ3v) is 26.0. The van der Waals surface area contributed by atoms with Crippen LogP contribution in [0.3, 0.4) is 0 Å². The fourth-order valence-corrected chi connectivity index (χ4v) is 20.5. The normalized spacial score (nSPS) is 10.6. The molecule has 0 spiro atoms. The van der Waals surface area contributed by atoms with Crippen molar-refractivity contribution in [3.05, 3.63) is 459 Å².